The molecule has 0 aliphatic rings. The van der Waals surface area contributed by atoms with Crippen LogP contribution in [0.1, 0.15) is 10.5 Å². The number of hydrogen-bond acceptors (Lipinski definition) is 5. The zero-order valence-corrected chi connectivity index (χ0v) is 10.2. The lowest BCUT2D eigenvalue weighted by Gasteiger charge is -2.03. The minimum absolute atomic E-state index is 0.0648. The quantitative estimate of drug-likeness (QED) is 0.911. The molecule has 0 aliphatic carbocycles. The minimum Gasteiger partial charge on any atom is -0.476 e. The van der Waals surface area contributed by atoms with E-state index >= 15 is 0 Å². The number of anilines is 2. The highest BCUT2D eigenvalue weighted by Crippen LogP contribution is 2.24. The predicted octanol–water partition coefficient (Wildman–Crippen LogP) is 2.74. The van der Waals surface area contributed by atoms with Gasteiger partial charge in [-0.3, -0.25) is 0 Å². The van der Waals surface area contributed by atoms with E-state index in [1.54, 1.807) is 0 Å². The van der Waals surface area contributed by atoms with Gasteiger partial charge in [0.05, 0.1) is 0 Å². The molecule has 0 atom stereocenters. The first-order chi connectivity index (χ1) is 7.66. The highest BCUT2D eigenvalue weighted by atomic mass is 79.9. The van der Waals surface area contributed by atoms with E-state index in [-0.39, 0.29) is 5.69 Å². The Hall–Kier alpha value is -1.47. The van der Waals surface area contributed by atoms with Crippen LogP contribution in [0.5, 0.6) is 0 Å². The number of rotatable bonds is 3. The van der Waals surface area contributed by atoms with Gasteiger partial charge in [-0.05, 0) is 18.2 Å². The van der Waals surface area contributed by atoms with E-state index in [4.69, 9.17) is 5.11 Å². The molecule has 1 aromatic carbocycles. The summed E-state index contributed by atoms with van der Waals surface area (Å²) in [6.07, 6.45) is 0. The van der Waals surface area contributed by atoms with E-state index in [2.05, 4.69) is 30.8 Å². The standard InChI is InChI=1S/C9H6BrN3O2S/c10-5-2-1-3-6(4-5)11-8-7(9(14)15)12-13-16-8/h1-4,11H,(H,14,15). The molecule has 0 fully saturated rings. The molecule has 0 unspecified atom stereocenters. The van der Waals surface area contributed by atoms with Gasteiger partial charge in [-0.15, -0.1) is 5.10 Å². The van der Waals surface area contributed by atoms with Crippen molar-refractivity contribution in [3.8, 4) is 0 Å². The third kappa shape index (κ3) is 2.37. The third-order valence-corrected chi connectivity index (χ3v) is 2.91. The van der Waals surface area contributed by atoms with E-state index in [0.717, 1.165) is 21.7 Å². The summed E-state index contributed by atoms with van der Waals surface area (Å²) in [7, 11) is 0. The summed E-state index contributed by atoms with van der Waals surface area (Å²) in [6.45, 7) is 0. The largest absolute Gasteiger partial charge is 0.476 e. The summed E-state index contributed by atoms with van der Waals surface area (Å²) in [5, 5.41) is 15.8. The number of benzene rings is 1. The minimum atomic E-state index is -1.09. The number of carbonyl (C=O) groups is 1. The summed E-state index contributed by atoms with van der Waals surface area (Å²) >= 11 is 4.34. The van der Waals surface area contributed by atoms with Gasteiger partial charge in [-0.25, -0.2) is 4.79 Å². The van der Waals surface area contributed by atoms with Crippen LogP contribution in [0, 0.1) is 0 Å². The second-order valence-corrected chi connectivity index (χ2v) is 4.56. The summed E-state index contributed by atoms with van der Waals surface area (Å²) in [5.41, 5.74) is 0.716. The van der Waals surface area contributed by atoms with Crippen LogP contribution >= 0.6 is 27.5 Å². The SMILES string of the molecule is O=C(O)c1nnsc1Nc1cccc(Br)c1. The molecule has 0 aliphatic heterocycles. The van der Waals surface area contributed by atoms with Crippen molar-refractivity contribution in [2.24, 2.45) is 0 Å². The van der Waals surface area contributed by atoms with Crippen LogP contribution in [0.2, 0.25) is 0 Å². The maximum atomic E-state index is 10.8. The first-order valence-electron chi connectivity index (χ1n) is 4.25. The fourth-order valence-electron chi connectivity index (χ4n) is 1.11. The molecule has 0 saturated carbocycles. The normalized spacial score (nSPS) is 10.1. The summed E-state index contributed by atoms with van der Waals surface area (Å²) in [6, 6.07) is 7.40. The van der Waals surface area contributed by atoms with Crippen molar-refractivity contribution < 1.29 is 9.90 Å². The number of halogens is 1. The highest BCUT2D eigenvalue weighted by Gasteiger charge is 2.15. The van der Waals surface area contributed by atoms with Crippen molar-refractivity contribution in [2.45, 2.75) is 0 Å². The van der Waals surface area contributed by atoms with Crippen molar-refractivity contribution in [1.29, 1.82) is 0 Å². The zero-order chi connectivity index (χ0) is 11.5. The molecule has 2 rings (SSSR count). The van der Waals surface area contributed by atoms with E-state index in [1.165, 1.54) is 0 Å². The number of aromatic carboxylic acids is 1. The maximum Gasteiger partial charge on any atom is 0.359 e. The summed E-state index contributed by atoms with van der Waals surface area (Å²) in [5.74, 6) is -1.09. The smallest absolute Gasteiger partial charge is 0.359 e. The van der Waals surface area contributed by atoms with Crippen LogP contribution in [0.25, 0.3) is 0 Å². The van der Waals surface area contributed by atoms with Gasteiger partial charge in [0.1, 0.15) is 5.00 Å². The monoisotopic (exact) mass is 299 g/mol. The Morgan fingerprint density at radius 2 is 2.31 bits per heavy atom. The molecule has 82 valence electrons. The van der Waals surface area contributed by atoms with Gasteiger partial charge < -0.3 is 10.4 Å². The molecule has 0 spiro atoms. The van der Waals surface area contributed by atoms with Crippen molar-refractivity contribution in [3.63, 3.8) is 0 Å². The lowest BCUT2D eigenvalue weighted by Crippen LogP contribution is -2.01. The van der Waals surface area contributed by atoms with Gasteiger partial charge in [0.15, 0.2) is 0 Å². The lowest BCUT2D eigenvalue weighted by molar-refractivity contribution is 0.0691. The Balaban J connectivity index is 2.27. The van der Waals surface area contributed by atoms with Gasteiger partial charge in [0, 0.05) is 21.7 Å². The molecular formula is C9H6BrN3O2S. The van der Waals surface area contributed by atoms with Crippen molar-refractivity contribution in [1.82, 2.24) is 9.59 Å². The van der Waals surface area contributed by atoms with Crippen LogP contribution < -0.4 is 5.32 Å². The first kappa shape index (κ1) is 11.0. The molecule has 1 heterocycles. The van der Waals surface area contributed by atoms with Gasteiger partial charge in [0.25, 0.3) is 0 Å². The maximum absolute atomic E-state index is 10.8. The van der Waals surface area contributed by atoms with Crippen molar-refractivity contribution >= 4 is 44.1 Å². The van der Waals surface area contributed by atoms with Gasteiger partial charge >= 0.3 is 5.97 Å². The Morgan fingerprint density at radius 3 is 3.00 bits per heavy atom. The highest BCUT2D eigenvalue weighted by molar-refractivity contribution is 9.10. The van der Waals surface area contributed by atoms with E-state index < -0.39 is 5.97 Å². The van der Waals surface area contributed by atoms with Crippen LogP contribution in [0.4, 0.5) is 10.7 Å². The number of carboxylic acids is 1. The van der Waals surface area contributed by atoms with Gasteiger partial charge in [-0.1, -0.05) is 26.5 Å². The van der Waals surface area contributed by atoms with Crippen LogP contribution in [-0.2, 0) is 0 Å². The number of nitrogens with one attached hydrogen (secondary N) is 1. The third-order valence-electron chi connectivity index (χ3n) is 1.77. The number of nitrogens with zero attached hydrogens (tertiary/aromatic N) is 2. The van der Waals surface area contributed by atoms with E-state index in [9.17, 15) is 4.79 Å². The lowest BCUT2D eigenvalue weighted by atomic mass is 10.3. The summed E-state index contributed by atoms with van der Waals surface area (Å²) in [4.78, 5) is 10.8. The van der Waals surface area contributed by atoms with Crippen molar-refractivity contribution in [3.05, 3.63) is 34.4 Å². The molecule has 0 radical (unpaired) electrons. The predicted molar refractivity (Wildman–Crippen MR) is 64.3 cm³/mol. The number of carboxylic acid groups (broad SMARTS) is 1. The molecular weight excluding hydrogens is 294 g/mol. The molecule has 1 aromatic heterocycles. The average molecular weight is 300 g/mol. The second-order valence-electron chi connectivity index (χ2n) is 2.89. The zero-order valence-electron chi connectivity index (χ0n) is 7.85. The molecule has 0 amide bonds. The summed E-state index contributed by atoms with van der Waals surface area (Å²) < 4.78 is 4.51. The molecule has 0 bridgehead atoms. The fraction of sp³-hybridized carbons (Fsp3) is 0. The van der Waals surface area contributed by atoms with Gasteiger partial charge in [-0.2, -0.15) is 0 Å². The molecule has 2 N–H and O–H groups in total. The second kappa shape index (κ2) is 4.58. The Morgan fingerprint density at radius 1 is 1.50 bits per heavy atom. The molecule has 2 aromatic rings. The molecule has 0 saturated heterocycles. The topological polar surface area (TPSA) is 75.1 Å². The number of hydrogen-bond donors (Lipinski definition) is 2. The first-order valence-corrected chi connectivity index (χ1v) is 5.81. The average Bonchev–Trinajstić information content (AvgIpc) is 2.66. The Labute approximate surface area is 103 Å². The molecule has 5 nitrogen and oxygen atoms in total. The Bertz CT molecular complexity index is 529. The fourth-order valence-corrected chi connectivity index (χ4v) is 2.09. The van der Waals surface area contributed by atoms with Crippen LogP contribution in [0.15, 0.2) is 28.7 Å². The Kier molecular flexibility index (Phi) is 3.16. The number of aromatic nitrogens is 2. The van der Waals surface area contributed by atoms with E-state index in [0.29, 0.717) is 5.00 Å². The van der Waals surface area contributed by atoms with Crippen molar-refractivity contribution in [2.75, 3.05) is 5.32 Å². The van der Waals surface area contributed by atoms with Gasteiger partial charge in [0.2, 0.25) is 5.69 Å². The van der Waals surface area contributed by atoms with Crippen LogP contribution in [0.3, 0.4) is 0 Å². The molecule has 7 heteroatoms. The van der Waals surface area contributed by atoms with Crippen LogP contribution in [-0.4, -0.2) is 20.7 Å². The van der Waals surface area contributed by atoms with E-state index in [1.807, 2.05) is 24.3 Å². The molecule has 16 heavy (non-hydrogen) atoms.